The second kappa shape index (κ2) is 8.56. The van der Waals surface area contributed by atoms with E-state index >= 15 is 0 Å². The van der Waals surface area contributed by atoms with Crippen LogP contribution in [0, 0.1) is 0 Å². The van der Waals surface area contributed by atoms with Gasteiger partial charge in [0.2, 0.25) is 0 Å². The summed E-state index contributed by atoms with van der Waals surface area (Å²) in [5, 5.41) is 27.8. The Balaban J connectivity index is 2.11. The molecule has 0 unspecified atom stereocenters. The first-order valence-corrected chi connectivity index (χ1v) is 8.72. The van der Waals surface area contributed by atoms with Gasteiger partial charge in [-0.15, -0.1) is 0 Å². The van der Waals surface area contributed by atoms with E-state index in [4.69, 9.17) is 5.11 Å². The molecule has 4 nitrogen and oxygen atoms in total. The molecule has 2 rings (SSSR count). The zero-order valence-electron chi connectivity index (χ0n) is 14.6. The van der Waals surface area contributed by atoms with Crippen molar-refractivity contribution in [3.63, 3.8) is 0 Å². The Kier molecular flexibility index (Phi) is 6.45. The monoisotopic (exact) mass is 342 g/mol. The maximum Gasteiger partial charge on any atom is 0.303 e. The van der Waals surface area contributed by atoms with Crippen molar-refractivity contribution in [2.45, 2.75) is 50.9 Å². The Morgan fingerprint density at radius 3 is 1.68 bits per heavy atom. The lowest BCUT2D eigenvalue weighted by Gasteiger charge is -2.31. The van der Waals surface area contributed by atoms with Crippen molar-refractivity contribution in [2.24, 2.45) is 0 Å². The molecule has 2 aromatic carbocycles. The van der Waals surface area contributed by atoms with Gasteiger partial charge in [-0.2, -0.15) is 0 Å². The van der Waals surface area contributed by atoms with Gasteiger partial charge in [-0.3, -0.25) is 4.79 Å². The summed E-state index contributed by atoms with van der Waals surface area (Å²) in [5.41, 5.74) is 2.00. The maximum absolute atomic E-state index is 10.6. The molecule has 0 saturated heterocycles. The van der Waals surface area contributed by atoms with E-state index in [-0.39, 0.29) is 23.3 Å². The van der Waals surface area contributed by atoms with Gasteiger partial charge in [0.15, 0.2) is 0 Å². The molecule has 0 saturated carbocycles. The topological polar surface area (TPSA) is 77.8 Å². The van der Waals surface area contributed by atoms with Gasteiger partial charge in [0.05, 0.1) is 0 Å². The number of unbranched alkanes of at least 4 members (excludes halogenated alkanes) is 3. The normalized spacial score (nSPS) is 11.4. The summed E-state index contributed by atoms with van der Waals surface area (Å²) in [7, 11) is 0. The molecule has 0 atom stereocenters. The largest absolute Gasteiger partial charge is 0.508 e. The first-order valence-electron chi connectivity index (χ1n) is 8.72. The molecule has 2 aromatic rings. The van der Waals surface area contributed by atoms with Crippen LogP contribution in [0.3, 0.4) is 0 Å². The number of hydrogen-bond donors (Lipinski definition) is 3. The number of aliphatic carboxylic acids is 1. The molecular formula is C21H26O4. The van der Waals surface area contributed by atoms with Crippen LogP contribution < -0.4 is 0 Å². The van der Waals surface area contributed by atoms with Gasteiger partial charge < -0.3 is 15.3 Å². The molecule has 0 aliphatic rings. The molecule has 0 aromatic heterocycles. The third kappa shape index (κ3) is 5.24. The van der Waals surface area contributed by atoms with Gasteiger partial charge in [0, 0.05) is 11.8 Å². The fourth-order valence-corrected chi connectivity index (χ4v) is 3.22. The molecule has 0 amide bonds. The standard InChI is InChI=1S/C21H26O4/c1-21(16-7-11-18(22)12-8-16,17-9-13-19(23)14-10-17)15-5-3-2-4-6-20(24)25/h7-14,22-23H,2-6,15H2,1H3,(H,24,25). The first kappa shape index (κ1) is 18.8. The minimum Gasteiger partial charge on any atom is -0.508 e. The Morgan fingerprint density at radius 1 is 0.800 bits per heavy atom. The smallest absolute Gasteiger partial charge is 0.303 e. The van der Waals surface area contributed by atoms with Crippen LogP contribution in [0.2, 0.25) is 0 Å². The maximum atomic E-state index is 10.6. The van der Waals surface area contributed by atoms with E-state index in [1.807, 2.05) is 24.3 Å². The third-order valence-corrected chi connectivity index (χ3v) is 4.83. The lowest BCUT2D eigenvalue weighted by molar-refractivity contribution is -0.137. The minimum atomic E-state index is -0.738. The fraction of sp³-hybridized carbons (Fsp3) is 0.381. The zero-order chi connectivity index (χ0) is 18.3. The van der Waals surface area contributed by atoms with Crippen molar-refractivity contribution >= 4 is 5.97 Å². The second-order valence-electron chi connectivity index (χ2n) is 6.73. The van der Waals surface area contributed by atoms with E-state index in [1.54, 1.807) is 24.3 Å². The molecule has 134 valence electrons. The van der Waals surface area contributed by atoms with Gasteiger partial charge in [-0.05, 0) is 48.2 Å². The molecule has 25 heavy (non-hydrogen) atoms. The summed E-state index contributed by atoms with van der Waals surface area (Å²) in [4.78, 5) is 10.6. The molecule has 0 radical (unpaired) electrons. The SMILES string of the molecule is CC(CCCCCCC(=O)O)(c1ccc(O)cc1)c1ccc(O)cc1. The van der Waals surface area contributed by atoms with E-state index < -0.39 is 5.97 Å². The molecule has 0 spiro atoms. The Bertz CT molecular complexity index is 629. The lowest BCUT2D eigenvalue weighted by Crippen LogP contribution is -2.23. The van der Waals surface area contributed by atoms with Crippen molar-refractivity contribution in [3.8, 4) is 11.5 Å². The van der Waals surface area contributed by atoms with Crippen LogP contribution in [0.4, 0.5) is 0 Å². The molecule has 0 bridgehead atoms. The van der Waals surface area contributed by atoms with Crippen LogP contribution >= 0.6 is 0 Å². The Morgan fingerprint density at radius 2 is 1.24 bits per heavy atom. The highest BCUT2D eigenvalue weighted by atomic mass is 16.4. The summed E-state index contributed by atoms with van der Waals surface area (Å²) < 4.78 is 0. The molecule has 3 N–H and O–H groups in total. The number of aromatic hydroxyl groups is 2. The molecular weight excluding hydrogens is 316 g/mol. The minimum absolute atomic E-state index is 0.228. The van der Waals surface area contributed by atoms with Gasteiger partial charge in [0.1, 0.15) is 11.5 Å². The van der Waals surface area contributed by atoms with Crippen LogP contribution in [-0.2, 0) is 10.2 Å². The predicted molar refractivity (Wildman–Crippen MR) is 98.0 cm³/mol. The van der Waals surface area contributed by atoms with Gasteiger partial charge in [-0.1, -0.05) is 50.5 Å². The highest BCUT2D eigenvalue weighted by molar-refractivity contribution is 5.66. The van der Waals surface area contributed by atoms with Crippen molar-refractivity contribution in [1.82, 2.24) is 0 Å². The van der Waals surface area contributed by atoms with Crippen LogP contribution in [0.25, 0.3) is 0 Å². The Hall–Kier alpha value is -2.49. The van der Waals surface area contributed by atoms with E-state index in [1.165, 1.54) is 0 Å². The Labute approximate surface area is 148 Å². The highest BCUT2D eigenvalue weighted by Crippen LogP contribution is 2.38. The molecule has 0 aliphatic heterocycles. The van der Waals surface area contributed by atoms with Gasteiger partial charge in [-0.25, -0.2) is 0 Å². The number of carbonyl (C=O) groups is 1. The van der Waals surface area contributed by atoms with Gasteiger partial charge >= 0.3 is 5.97 Å². The first-order chi connectivity index (χ1) is 11.9. The van der Waals surface area contributed by atoms with E-state index in [9.17, 15) is 15.0 Å². The van der Waals surface area contributed by atoms with Crippen molar-refractivity contribution in [2.75, 3.05) is 0 Å². The molecule has 0 fully saturated rings. The zero-order valence-corrected chi connectivity index (χ0v) is 14.6. The van der Waals surface area contributed by atoms with Crippen molar-refractivity contribution in [3.05, 3.63) is 59.7 Å². The van der Waals surface area contributed by atoms with E-state index in [0.29, 0.717) is 6.42 Å². The summed E-state index contributed by atoms with van der Waals surface area (Å²) in [5.74, 6) is -0.256. The van der Waals surface area contributed by atoms with Crippen LogP contribution in [0.15, 0.2) is 48.5 Å². The van der Waals surface area contributed by atoms with Crippen molar-refractivity contribution in [1.29, 1.82) is 0 Å². The number of phenols is 2. The molecule has 0 heterocycles. The van der Waals surface area contributed by atoms with Crippen LogP contribution in [0.1, 0.15) is 56.6 Å². The number of hydrogen-bond acceptors (Lipinski definition) is 3. The molecule has 0 aliphatic carbocycles. The second-order valence-corrected chi connectivity index (χ2v) is 6.73. The van der Waals surface area contributed by atoms with Crippen LogP contribution in [-0.4, -0.2) is 21.3 Å². The number of carboxylic acid groups (broad SMARTS) is 1. The lowest BCUT2D eigenvalue weighted by atomic mass is 9.72. The third-order valence-electron chi connectivity index (χ3n) is 4.83. The number of phenolic OH excluding ortho intramolecular Hbond substituents is 2. The quantitative estimate of drug-likeness (QED) is 0.570. The van der Waals surface area contributed by atoms with E-state index in [2.05, 4.69) is 6.92 Å². The summed E-state index contributed by atoms with van der Waals surface area (Å²) in [6.07, 6.45) is 4.73. The highest BCUT2D eigenvalue weighted by Gasteiger charge is 2.28. The fourth-order valence-electron chi connectivity index (χ4n) is 3.22. The summed E-state index contributed by atoms with van der Waals surface area (Å²) >= 11 is 0. The number of benzene rings is 2. The van der Waals surface area contributed by atoms with Gasteiger partial charge in [0.25, 0.3) is 0 Å². The molecule has 4 heteroatoms. The summed E-state index contributed by atoms with van der Waals surface area (Å²) in [6.45, 7) is 2.17. The predicted octanol–water partition coefficient (Wildman–Crippen LogP) is 4.83. The average molecular weight is 342 g/mol. The summed E-state index contributed by atoms with van der Waals surface area (Å²) in [6, 6.07) is 14.5. The number of rotatable bonds is 9. The van der Waals surface area contributed by atoms with Crippen molar-refractivity contribution < 1.29 is 20.1 Å². The van der Waals surface area contributed by atoms with E-state index in [0.717, 1.165) is 36.8 Å². The van der Waals surface area contributed by atoms with Crippen LogP contribution in [0.5, 0.6) is 11.5 Å². The average Bonchev–Trinajstić information content (AvgIpc) is 2.58. The number of carboxylic acids is 1.